The van der Waals surface area contributed by atoms with E-state index in [9.17, 15) is 9.59 Å². The Hall–Kier alpha value is -1.63. The summed E-state index contributed by atoms with van der Waals surface area (Å²) in [6.07, 6.45) is -0.494. The molecule has 1 aromatic rings. The molecule has 2 rings (SSSR count). The number of halogens is 1. The molecule has 7 heteroatoms. The van der Waals surface area contributed by atoms with E-state index in [2.05, 4.69) is 16.0 Å². The fourth-order valence-electron chi connectivity index (χ4n) is 1.99. The number of aryl methyl sites for hydroxylation is 1. The Bertz CT molecular complexity index is 516. The van der Waals surface area contributed by atoms with Crippen molar-refractivity contribution in [1.82, 2.24) is 10.6 Å². The van der Waals surface area contributed by atoms with Gasteiger partial charge in [0.15, 0.2) is 0 Å². The highest BCUT2D eigenvalue weighted by Crippen LogP contribution is 2.17. The number of carbonyl (C=O) groups excluding carboxylic acids is 2. The molecule has 1 heterocycles. The predicted molar refractivity (Wildman–Crippen MR) is 83.1 cm³/mol. The van der Waals surface area contributed by atoms with Gasteiger partial charge in [-0.05, 0) is 24.6 Å². The molecule has 1 aliphatic heterocycles. The summed E-state index contributed by atoms with van der Waals surface area (Å²) in [5, 5.41) is 8.48. The molecule has 6 nitrogen and oxygen atoms in total. The van der Waals surface area contributed by atoms with E-state index in [4.69, 9.17) is 4.74 Å². The molecule has 2 amide bonds. The normalized spacial score (nSPS) is 17.5. The van der Waals surface area contributed by atoms with Crippen molar-refractivity contribution in [3.05, 3.63) is 29.3 Å². The number of amides is 2. The van der Waals surface area contributed by atoms with Gasteiger partial charge < -0.3 is 20.7 Å². The molecule has 0 bridgehead atoms. The molecule has 0 saturated carbocycles. The van der Waals surface area contributed by atoms with E-state index in [0.29, 0.717) is 24.4 Å². The molecule has 1 aromatic carbocycles. The lowest BCUT2D eigenvalue weighted by Gasteiger charge is -2.23. The van der Waals surface area contributed by atoms with Crippen LogP contribution in [0.25, 0.3) is 0 Å². The molecular formula is C14H20ClN3O3. The third-order valence-corrected chi connectivity index (χ3v) is 3.20. The Kier molecular flexibility index (Phi) is 6.61. The average Bonchev–Trinajstić information content (AvgIpc) is 2.49. The summed E-state index contributed by atoms with van der Waals surface area (Å²) in [6.45, 7) is 3.66. The number of ether oxygens (including phenoxy) is 1. The second-order valence-electron chi connectivity index (χ2n) is 4.66. The van der Waals surface area contributed by atoms with E-state index in [1.54, 1.807) is 25.2 Å². The number of carbonyl (C=O) groups is 2. The zero-order valence-electron chi connectivity index (χ0n) is 12.1. The fraction of sp³-hybridized carbons (Fsp3) is 0.429. The van der Waals surface area contributed by atoms with E-state index >= 15 is 0 Å². The van der Waals surface area contributed by atoms with Crippen molar-refractivity contribution >= 4 is 29.9 Å². The van der Waals surface area contributed by atoms with Crippen LogP contribution < -0.4 is 16.0 Å². The molecule has 1 fully saturated rings. The van der Waals surface area contributed by atoms with Crippen LogP contribution in [0, 0.1) is 6.92 Å². The van der Waals surface area contributed by atoms with E-state index < -0.39 is 6.10 Å². The first kappa shape index (κ1) is 17.4. The summed E-state index contributed by atoms with van der Waals surface area (Å²) in [5.41, 5.74) is 2.04. The molecule has 0 radical (unpaired) electrons. The lowest BCUT2D eigenvalue weighted by molar-refractivity contribution is -0.128. The van der Waals surface area contributed by atoms with E-state index in [-0.39, 0.29) is 24.2 Å². The minimum absolute atomic E-state index is 0. The molecule has 3 N–H and O–H groups in total. The van der Waals surface area contributed by atoms with Crippen molar-refractivity contribution in [3.8, 4) is 0 Å². The van der Waals surface area contributed by atoms with Crippen LogP contribution in [0.3, 0.4) is 0 Å². The highest BCUT2D eigenvalue weighted by Gasteiger charge is 2.22. The number of hydrogen-bond donors (Lipinski definition) is 3. The first-order chi connectivity index (χ1) is 9.61. The largest absolute Gasteiger partial charge is 0.366 e. The molecule has 1 unspecified atom stereocenters. The van der Waals surface area contributed by atoms with Gasteiger partial charge in [-0.25, -0.2) is 0 Å². The standard InChI is InChI=1S/C14H19N3O3.ClH/c1-9-3-4-10(13(18)15-2)7-11(9)17-14(19)12-8-16-5-6-20-12;/h3-4,7,12,16H,5-6,8H2,1-2H3,(H,15,18)(H,17,19);1H. The first-order valence-electron chi connectivity index (χ1n) is 6.57. The summed E-state index contributed by atoms with van der Waals surface area (Å²) < 4.78 is 5.40. The molecular weight excluding hydrogens is 294 g/mol. The highest BCUT2D eigenvalue weighted by molar-refractivity contribution is 5.98. The predicted octanol–water partition coefficient (Wildman–Crippen LogP) is 0.703. The summed E-state index contributed by atoms with van der Waals surface area (Å²) >= 11 is 0. The smallest absolute Gasteiger partial charge is 0.254 e. The van der Waals surface area contributed by atoms with Crippen LogP contribution in [0.4, 0.5) is 5.69 Å². The lowest BCUT2D eigenvalue weighted by Crippen LogP contribution is -2.45. The Balaban J connectivity index is 0.00000220. The van der Waals surface area contributed by atoms with Crippen LogP contribution in [0.2, 0.25) is 0 Å². The summed E-state index contributed by atoms with van der Waals surface area (Å²) in [5.74, 6) is -0.384. The fourth-order valence-corrected chi connectivity index (χ4v) is 1.99. The molecule has 0 spiro atoms. The molecule has 0 aromatic heterocycles. The number of rotatable bonds is 3. The van der Waals surface area contributed by atoms with Crippen LogP contribution in [0.15, 0.2) is 18.2 Å². The topological polar surface area (TPSA) is 79.5 Å². The molecule has 1 atom stereocenters. The van der Waals surface area contributed by atoms with Gasteiger partial charge in [-0.3, -0.25) is 9.59 Å². The second-order valence-corrected chi connectivity index (χ2v) is 4.66. The van der Waals surface area contributed by atoms with Gasteiger partial charge in [-0.1, -0.05) is 6.07 Å². The van der Waals surface area contributed by atoms with Gasteiger partial charge in [0.25, 0.3) is 11.8 Å². The Morgan fingerprint density at radius 3 is 2.76 bits per heavy atom. The molecule has 0 aliphatic carbocycles. The van der Waals surface area contributed by atoms with Crippen molar-refractivity contribution in [2.75, 3.05) is 32.1 Å². The third-order valence-electron chi connectivity index (χ3n) is 3.20. The van der Waals surface area contributed by atoms with Gasteiger partial charge in [0.2, 0.25) is 0 Å². The number of benzene rings is 1. The van der Waals surface area contributed by atoms with Crippen molar-refractivity contribution in [2.45, 2.75) is 13.0 Å². The highest BCUT2D eigenvalue weighted by atomic mass is 35.5. The van der Waals surface area contributed by atoms with Crippen LogP contribution in [-0.2, 0) is 9.53 Å². The maximum Gasteiger partial charge on any atom is 0.254 e. The van der Waals surface area contributed by atoms with Gasteiger partial charge in [-0.2, -0.15) is 0 Å². The molecule has 1 saturated heterocycles. The minimum atomic E-state index is -0.494. The van der Waals surface area contributed by atoms with E-state index in [0.717, 1.165) is 12.1 Å². The Labute approximate surface area is 130 Å². The minimum Gasteiger partial charge on any atom is -0.366 e. The second kappa shape index (κ2) is 7.97. The maximum atomic E-state index is 12.1. The van der Waals surface area contributed by atoms with Gasteiger partial charge in [0.1, 0.15) is 6.10 Å². The van der Waals surface area contributed by atoms with Gasteiger partial charge in [0, 0.05) is 31.4 Å². The van der Waals surface area contributed by atoms with Crippen molar-refractivity contribution in [2.24, 2.45) is 0 Å². The quantitative estimate of drug-likeness (QED) is 0.767. The number of morpholine rings is 1. The molecule has 1 aliphatic rings. The Morgan fingerprint density at radius 2 is 2.14 bits per heavy atom. The van der Waals surface area contributed by atoms with Crippen molar-refractivity contribution in [1.29, 1.82) is 0 Å². The third kappa shape index (κ3) is 4.42. The van der Waals surface area contributed by atoms with Gasteiger partial charge in [-0.15, -0.1) is 12.4 Å². The first-order valence-corrected chi connectivity index (χ1v) is 6.57. The summed E-state index contributed by atoms with van der Waals surface area (Å²) in [4.78, 5) is 23.7. The zero-order chi connectivity index (χ0) is 14.5. The number of nitrogens with one attached hydrogen (secondary N) is 3. The number of hydrogen-bond acceptors (Lipinski definition) is 4. The molecule has 116 valence electrons. The summed E-state index contributed by atoms with van der Waals surface area (Å²) in [6, 6.07) is 5.20. The summed E-state index contributed by atoms with van der Waals surface area (Å²) in [7, 11) is 1.57. The van der Waals surface area contributed by atoms with Gasteiger partial charge >= 0.3 is 0 Å². The zero-order valence-corrected chi connectivity index (χ0v) is 12.9. The molecule has 21 heavy (non-hydrogen) atoms. The number of anilines is 1. The van der Waals surface area contributed by atoms with E-state index in [1.807, 2.05) is 6.92 Å². The maximum absolute atomic E-state index is 12.1. The monoisotopic (exact) mass is 313 g/mol. The van der Waals surface area contributed by atoms with Crippen molar-refractivity contribution in [3.63, 3.8) is 0 Å². The van der Waals surface area contributed by atoms with Crippen LogP contribution in [0.5, 0.6) is 0 Å². The van der Waals surface area contributed by atoms with Gasteiger partial charge in [0.05, 0.1) is 6.61 Å². The van der Waals surface area contributed by atoms with Crippen LogP contribution in [0.1, 0.15) is 15.9 Å². The van der Waals surface area contributed by atoms with Crippen LogP contribution >= 0.6 is 12.4 Å². The van der Waals surface area contributed by atoms with E-state index in [1.165, 1.54) is 0 Å². The SMILES string of the molecule is CNC(=O)c1ccc(C)c(NC(=O)C2CNCCO2)c1.Cl. The average molecular weight is 314 g/mol. The lowest BCUT2D eigenvalue weighted by atomic mass is 10.1. The Morgan fingerprint density at radius 1 is 1.38 bits per heavy atom. The van der Waals surface area contributed by atoms with Crippen LogP contribution in [-0.4, -0.2) is 44.7 Å². The van der Waals surface area contributed by atoms with Crippen molar-refractivity contribution < 1.29 is 14.3 Å².